The number of H-pyrrole nitrogens is 1. The maximum Gasteiger partial charge on any atom is 0.311 e. The lowest BCUT2D eigenvalue weighted by atomic mass is 10.1. The van der Waals surface area contributed by atoms with Gasteiger partial charge in [-0.15, -0.1) is 0 Å². The fourth-order valence-electron chi connectivity index (χ4n) is 2.41. The summed E-state index contributed by atoms with van der Waals surface area (Å²) in [6.45, 7) is 0.746. The standard InChI is InChI=1S/C17H18N4O3/c1-20(2)11-14-7-8-16(24-14)12-3-5-13(6-4-12)19-17-15(21(22)23)9-10-18-17/h3-10,18-19H,11H2,1-2H3. The topological polar surface area (TPSA) is 87.3 Å². The third-order valence-corrected chi connectivity index (χ3v) is 3.49. The zero-order chi connectivity index (χ0) is 17.1. The largest absolute Gasteiger partial charge is 0.460 e. The number of hydrogen-bond acceptors (Lipinski definition) is 5. The van der Waals surface area contributed by atoms with E-state index in [1.807, 2.05) is 55.4 Å². The molecule has 3 aromatic rings. The molecular weight excluding hydrogens is 308 g/mol. The number of nitrogens with zero attached hydrogens (tertiary/aromatic N) is 2. The Morgan fingerprint density at radius 3 is 2.58 bits per heavy atom. The van der Waals surface area contributed by atoms with Gasteiger partial charge in [0.15, 0.2) is 5.82 Å². The van der Waals surface area contributed by atoms with Crippen molar-refractivity contribution >= 4 is 17.2 Å². The highest BCUT2D eigenvalue weighted by Crippen LogP contribution is 2.28. The van der Waals surface area contributed by atoms with Gasteiger partial charge in [-0.1, -0.05) is 0 Å². The molecule has 0 fully saturated rings. The molecule has 0 unspecified atom stereocenters. The van der Waals surface area contributed by atoms with Crippen LogP contribution >= 0.6 is 0 Å². The first kappa shape index (κ1) is 15.8. The first-order valence-corrected chi connectivity index (χ1v) is 7.45. The highest BCUT2D eigenvalue weighted by Gasteiger charge is 2.14. The minimum atomic E-state index is -0.428. The van der Waals surface area contributed by atoms with Crippen LogP contribution in [-0.4, -0.2) is 28.9 Å². The van der Waals surface area contributed by atoms with Crippen LogP contribution in [0.1, 0.15) is 5.76 Å². The fraction of sp³-hybridized carbons (Fsp3) is 0.176. The summed E-state index contributed by atoms with van der Waals surface area (Å²) in [5.41, 5.74) is 1.72. The predicted molar refractivity (Wildman–Crippen MR) is 92.3 cm³/mol. The Kier molecular flexibility index (Phi) is 4.35. The molecular formula is C17H18N4O3. The van der Waals surface area contributed by atoms with Gasteiger partial charge in [0.1, 0.15) is 11.5 Å². The van der Waals surface area contributed by atoms with Crippen molar-refractivity contribution in [3.63, 3.8) is 0 Å². The van der Waals surface area contributed by atoms with Gasteiger partial charge in [0.25, 0.3) is 0 Å². The van der Waals surface area contributed by atoms with Crippen molar-refractivity contribution in [1.82, 2.24) is 9.88 Å². The van der Waals surface area contributed by atoms with E-state index in [0.717, 1.165) is 29.3 Å². The molecule has 0 saturated carbocycles. The van der Waals surface area contributed by atoms with Crippen LogP contribution in [-0.2, 0) is 6.54 Å². The van der Waals surface area contributed by atoms with Gasteiger partial charge in [-0.3, -0.25) is 10.1 Å². The lowest BCUT2D eigenvalue weighted by molar-refractivity contribution is -0.383. The van der Waals surface area contributed by atoms with Crippen LogP contribution in [0.2, 0.25) is 0 Å². The first-order valence-electron chi connectivity index (χ1n) is 7.45. The predicted octanol–water partition coefficient (Wildman–Crippen LogP) is 3.99. The number of rotatable bonds is 6. The number of nitro groups is 1. The van der Waals surface area contributed by atoms with Crippen molar-refractivity contribution in [2.45, 2.75) is 6.54 Å². The summed E-state index contributed by atoms with van der Waals surface area (Å²) < 4.78 is 5.82. The monoisotopic (exact) mass is 326 g/mol. The van der Waals surface area contributed by atoms with E-state index in [2.05, 4.69) is 10.3 Å². The van der Waals surface area contributed by atoms with Gasteiger partial charge in [-0.25, -0.2) is 0 Å². The molecule has 24 heavy (non-hydrogen) atoms. The Bertz CT molecular complexity index is 834. The maximum absolute atomic E-state index is 10.9. The number of nitrogens with one attached hydrogen (secondary N) is 2. The molecule has 0 aliphatic rings. The maximum atomic E-state index is 10.9. The van der Waals surface area contributed by atoms with E-state index in [0.29, 0.717) is 5.82 Å². The van der Waals surface area contributed by atoms with Crippen molar-refractivity contribution in [3.8, 4) is 11.3 Å². The van der Waals surface area contributed by atoms with Gasteiger partial charge in [0.05, 0.1) is 11.5 Å². The molecule has 2 heterocycles. The third kappa shape index (κ3) is 3.47. The van der Waals surface area contributed by atoms with Crippen LogP contribution in [0.15, 0.2) is 53.1 Å². The zero-order valence-corrected chi connectivity index (χ0v) is 13.4. The van der Waals surface area contributed by atoms with Crippen molar-refractivity contribution in [3.05, 3.63) is 64.5 Å². The molecule has 124 valence electrons. The Hall–Kier alpha value is -3.06. The quantitative estimate of drug-likeness (QED) is 0.528. The van der Waals surface area contributed by atoms with Crippen molar-refractivity contribution in [2.75, 3.05) is 19.4 Å². The van der Waals surface area contributed by atoms with Gasteiger partial charge < -0.3 is 19.6 Å². The van der Waals surface area contributed by atoms with Gasteiger partial charge in [-0.05, 0) is 50.5 Å². The van der Waals surface area contributed by atoms with Crippen molar-refractivity contribution in [2.24, 2.45) is 0 Å². The Balaban J connectivity index is 1.74. The minimum Gasteiger partial charge on any atom is -0.460 e. The number of hydrogen-bond donors (Lipinski definition) is 2. The van der Waals surface area contributed by atoms with E-state index in [4.69, 9.17) is 4.42 Å². The van der Waals surface area contributed by atoms with Crippen LogP contribution in [0.5, 0.6) is 0 Å². The van der Waals surface area contributed by atoms with E-state index >= 15 is 0 Å². The molecule has 1 aromatic carbocycles. The molecule has 0 aliphatic carbocycles. The smallest absolute Gasteiger partial charge is 0.311 e. The number of aromatic nitrogens is 1. The average Bonchev–Trinajstić information content (AvgIpc) is 3.17. The molecule has 0 spiro atoms. The summed E-state index contributed by atoms with van der Waals surface area (Å²) in [5, 5.41) is 13.9. The lowest BCUT2D eigenvalue weighted by Gasteiger charge is -2.06. The number of furan rings is 1. The molecule has 7 heteroatoms. The molecule has 2 aromatic heterocycles. The molecule has 0 atom stereocenters. The van der Waals surface area contributed by atoms with E-state index in [1.54, 1.807) is 0 Å². The van der Waals surface area contributed by atoms with E-state index in [1.165, 1.54) is 12.3 Å². The fourth-order valence-corrected chi connectivity index (χ4v) is 2.41. The van der Waals surface area contributed by atoms with Gasteiger partial charge in [-0.2, -0.15) is 0 Å². The van der Waals surface area contributed by atoms with Crippen molar-refractivity contribution in [1.29, 1.82) is 0 Å². The molecule has 0 amide bonds. The first-order chi connectivity index (χ1) is 11.5. The molecule has 2 N–H and O–H groups in total. The summed E-state index contributed by atoms with van der Waals surface area (Å²) >= 11 is 0. The summed E-state index contributed by atoms with van der Waals surface area (Å²) in [4.78, 5) is 15.4. The second-order valence-electron chi connectivity index (χ2n) is 5.70. The summed E-state index contributed by atoms with van der Waals surface area (Å²) in [7, 11) is 3.98. The molecule has 3 rings (SSSR count). The molecule has 7 nitrogen and oxygen atoms in total. The molecule has 0 saturated heterocycles. The zero-order valence-electron chi connectivity index (χ0n) is 13.4. The lowest BCUT2D eigenvalue weighted by Crippen LogP contribution is -2.09. The van der Waals surface area contributed by atoms with E-state index in [9.17, 15) is 10.1 Å². The second kappa shape index (κ2) is 6.59. The van der Waals surface area contributed by atoms with E-state index < -0.39 is 4.92 Å². The van der Waals surface area contributed by atoms with Crippen LogP contribution < -0.4 is 5.32 Å². The molecule has 0 radical (unpaired) electrons. The number of aromatic amines is 1. The van der Waals surface area contributed by atoms with Gasteiger partial charge >= 0.3 is 5.69 Å². The van der Waals surface area contributed by atoms with Gasteiger partial charge in [0, 0.05) is 23.5 Å². The SMILES string of the molecule is CN(C)Cc1ccc(-c2ccc(Nc3[nH]ccc3[N+](=O)[O-])cc2)o1. The highest BCUT2D eigenvalue weighted by molar-refractivity contribution is 5.68. The Morgan fingerprint density at radius 1 is 1.17 bits per heavy atom. The Morgan fingerprint density at radius 2 is 1.92 bits per heavy atom. The summed E-state index contributed by atoms with van der Waals surface area (Å²) in [6, 6.07) is 12.9. The van der Waals surface area contributed by atoms with Crippen LogP contribution in [0.3, 0.4) is 0 Å². The van der Waals surface area contributed by atoms with Crippen LogP contribution in [0.4, 0.5) is 17.2 Å². The number of benzene rings is 1. The Labute approximate surface area is 139 Å². The average molecular weight is 326 g/mol. The normalized spacial score (nSPS) is 11.0. The molecule has 0 bridgehead atoms. The third-order valence-electron chi connectivity index (χ3n) is 3.49. The highest BCUT2D eigenvalue weighted by atomic mass is 16.6. The summed E-state index contributed by atoms with van der Waals surface area (Å²) in [6.07, 6.45) is 1.53. The van der Waals surface area contributed by atoms with Crippen LogP contribution in [0, 0.1) is 10.1 Å². The van der Waals surface area contributed by atoms with Gasteiger partial charge in [0.2, 0.25) is 0 Å². The summed E-state index contributed by atoms with van der Waals surface area (Å²) in [5.74, 6) is 2.06. The van der Waals surface area contributed by atoms with Crippen molar-refractivity contribution < 1.29 is 9.34 Å². The van der Waals surface area contributed by atoms with Crippen LogP contribution in [0.25, 0.3) is 11.3 Å². The number of anilines is 2. The second-order valence-corrected chi connectivity index (χ2v) is 5.70. The molecule has 0 aliphatic heterocycles. The minimum absolute atomic E-state index is 0.0124. The van der Waals surface area contributed by atoms with E-state index in [-0.39, 0.29) is 5.69 Å².